The van der Waals surface area contributed by atoms with Crippen molar-refractivity contribution in [2.45, 2.75) is 25.7 Å². The number of unbranched alkanes of at least 4 members (excludes halogenated alkanes) is 1. The molecule has 4 aliphatic rings. The van der Waals surface area contributed by atoms with Gasteiger partial charge in [0.2, 0.25) is 0 Å². The molecule has 346 valence electrons. The minimum absolute atomic E-state index is 0. The number of rotatable bonds is 21. The van der Waals surface area contributed by atoms with Gasteiger partial charge in [-0.25, -0.2) is 0 Å². The summed E-state index contributed by atoms with van der Waals surface area (Å²) in [7, 11) is 8.81. The van der Waals surface area contributed by atoms with Crippen LogP contribution >= 0.6 is 49.6 Å². The molecule has 16 heteroatoms. The third-order valence-corrected chi connectivity index (χ3v) is 12.2. The summed E-state index contributed by atoms with van der Waals surface area (Å²) < 4.78 is 25.7. The number of hydrogen-bond donors (Lipinski definition) is 0. The summed E-state index contributed by atoms with van der Waals surface area (Å²) in [4.78, 5) is 19.6. The maximum Gasteiger partial charge on any atom is 0.161 e. The number of aryl methyl sites for hydroxylation is 2. The largest absolute Gasteiger partial charge is 0.488 e. The average molecular weight is 925 g/mol. The van der Waals surface area contributed by atoms with Gasteiger partial charge < -0.3 is 38.5 Å². The van der Waals surface area contributed by atoms with Crippen LogP contribution in [0.25, 0.3) is 0 Å². The standard InChI is InChI=1S/C44H74N8O4.4ClH/c1-45-13-21-49(22-14-45)29-33-53-41-11-9-39(37-43(41)55-35-31-51-25-17-47(3)18-26-51)7-5-6-8-40-10-12-42(54-34-30-50-23-15-46(2)16-24-50)44(38-40)56-36-32-52-27-19-48(4)20-28-52;;;;/h9-12,37-38H,5-8,13-36H2,1-4H3;4*1H. The fourth-order valence-corrected chi connectivity index (χ4v) is 7.96. The number of nitrogens with zero attached hydrogens (tertiary/aromatic N) is 8. The summed E-state index contributed by atoms with van der Waals surface area (Å²) in [6.45, 7) is 24.3. The number of likely N-dealkylation sites (N-methyl/N-ethyl adjacent to an activating group) is 4. The highest BCUT2D eigenvalue weighted by Gasteiger charge is 2.18. The van der Waals surface area contributed by atoms with E-state index in [-0.39, 0.29) is 49.6 Å². The van der Waals surface area contributed by atoms with Crippen LogP contribution in [0.2, 0.25) is 0 Å². The number of ether oxygens (including phenoxy) is 4. The Kier molecular flexibility index (Phi) is 27.1. The van der Waals surface area contributed by atoms with Crippen LogP contribution in [0.1, 0.15) is 24.0 Å². The highest BCUT2D eigenvalue weighted by Crippen LogP contribution is 2.31. The van der Waals surface area contributed by atoms with Gasteiger partial charge in [-0.15, -0.1) is 49.6 Å². The third kappa shape index (κ3) is 19.1. The molecule has 4 fully saturated rings. The molecule has 4 heterocycles. The second-order valence-corrected chi connectivity index (χ2v) is 16.7. The molecule has 4 aliphatic heterocycles. The van der Waals surface area contributed by atoms with E-state index < -0.39 is 0 Å². The molecular weight excluding hydrogens is 846 g/mol. The van der Waals surface area contributed by atoms with Gasteiger partial charge in [-0.1, -0.05) is 12.1 Å². The Morgan fingerprint density at radius 3 is 0.867 bits per heavy atom. The Morgan fingerprint density at radius 2 is 0.600 bits per heavy atom. The topological polar surface area (TPSA) is 62.8 Å². The second-order valence-electron chi connectivity index (χ2n) is 16.7. The van der Waals surface area contributed by atoms with Crippen LogP contribution in [0, 0.1) is 0 Å². The number of halogens is 4. The molecule has 0 atom stereocenters. The quantitative estimate of drug-likeness (QED) is 0.167. The number of hydrogen-bond acceptors (Lipinski definition) is 12. The van der Waals surface area contributed by atoms with E-state index in [0.29, 0.717) is 26.4 Å². The van der Waals surface area contributed by atoms with E-state index >= 15 is 0 Å². The van der Waals surface area contributed by atoms with E-state index in [2.05, 4.69) is 104 Å². The van der Waals surface area contributed by atoms with E-state index in [1.807, 2.05) is 0 Å². The lowest BCUT2D eigenvalue weighted by molar-refractivity contribution is 0.126. The molecule has 2 aromatic carbocycles. The first-order valence-electron chi connectivity index (χ1n) is 21.8. The SMILES string of the molecule is CN1CCN(CCOc2ccc(CCCCc3ccc(OCCN4CCN(C)CC4)c(OCCN4CCN(C)CC4)c3)cc2OCCN2CCN(C)CC2)CC1.Cl.Cl.Cl.Cl. The Hall–Kier alpha value is -1.52. The van der Waals surface area contributed by atoms with Gasteiger partial charge in [-0.3, -0.25) is 19.6 Å². The Morgan fingerprint density at radius 1 is 0.350 bits per heavy atom. The van der Waals surface area contributed by atoms with Crippen molar-refractivity contribution in [3.8, 4) is 23.0 Å². The zero-order valence-corrected chi connectivity index (χ0v) is 40.4. The molecule has 0 spiro atoms. The highest BCUT2D eigenvalue weighted by atomic mass is 35.5. The van der Waals surface area contributed by atoms with Crippen LogP contribution in [-0.2, 0) is 12.8 Å². The molecule has 0 amide bonds. The lowest BCUT2D eigenvalue weighted by atomic mass is 10.0. The fraction of sp³-hybridized carbons (Fsp3) is 0.727. The monoisotopic (exact) mass is 922 g/mol. The first-order valence-corrected chi connectivity index (χ1v) is 21.8. The van der Waals surface area contributed by atoms with Crippen LogP contribution in [0.15, 0.2) is 36.4 Å². The summed E-state index contributed by atoms with van der Waals surface area (Å²) in [5, 5.41) is 0. The molecule has 0 bridgehead atoms. The lowest BCUT2D eigenvalue weighted by Crippen LogP contribution is -2.45. The van der Waals surface area contributed by atoms with Gasteiger partial charge in [0.25, 0.3) is 0 Å². The fourth-order valence-electron chi connectivity index (χ4n) is 7.96. The lowest BCUT2D eigenvalue weighted by Gasteiger charge is -2.32. The van der Waals surface area contributed by atoms with Crippen LogP contribution in [0.3, 0.4) is 0 Å². The van der Waals surface area contributed by atoms with Crippen molar-refractivity contribution in [3.63, 3.8) is 0 Å². The van der Waals surface area contributed by atoms with Gasteiger partial charge >= 0.3 is 0 Å². The first-order chi connectivity index (χ1) is 27.4. The van der Waals surface area contributed by atoms with Crippen LogP contribution in [0.5, 0.6) is 23.0 Å². The van der Waals surface area contributed by atoms with Gasteiger partial charge in [0.05, 0.1) is 0 Å². The number of piperazine rings is 4. The number of benzene rings is 2. The van der Waals surface area contributed by atoms with E-state index in [1.54, 1.807) is 0 Å². The summed E-state index contributed by atoms with van der Waals surface area (Å²) in [5.41, 5.74) is 2.62. The highest BCUT2D eigenvalue weighted by molar-refractivity contribution is 5.86. The van der Waals surface area contributed by atoms with Crippen LogP contribution in [0.4, 0.5) is 0 Å². The predicted molar refractivity (Wildman–Crippen MR) is 256 cm³/mol. The van der Waals surface area contributed by atoms with Crippen molar-refractivity contribution in [2.75, 3.05) is 186 Å². The maximum absolute atomic E-state index is 6.47. The molecular formula is C44H78Cl4N8O4. The van der Waals surface area contributed by atoms with Crippen molar-refractivity contribution < 1.29 is 18.9 Å². The van der Waals surface area contributed by atoms with Crippen molar-refractivity contribution in [2.24, 2.45) is 0 Å². The summed E-state index contributed by atoms with van der Waals surface area (Å²) >= 11 is 0. The first kappa shape index (κ1) is 54.6. The molecule has 0 N–H and O–H groups in total. The molecule has 0 aliphatic carbocycles. The normalized spacial score (nSPS) is 19.3. The molecule has 4 saturated heterocycles. The molecule has 60 heavy (non-hydrogen) atoms. The van der Waals surface area contributed by atoms with E-state index in [4.69, 9.17) is 18.9 Å². The average Bonchev–Trinajstić information content (AvgIpc) is 3.21. The molecule has 2 aromatic rings. The summed E-state index contributed by atoms with van der Waals surface area (Å²) in [6, 6.07) is 13.2. The van der Waals surface area contributed by atoms with Gasteiger partial charge in [0.1, 0.15) is 26.4 Å². The van der Waals surface area contributed by atoms with Crippen LogP contribution < -0.4 is 18.9 Å². The van der Waals surface area contributed by atoms with Gasteiger partial charge in [-0.2, -0.15) is 0 Å². The molecule has 0 saturated carbocycles. The molecule has 0 radical (unpaired) electrons. The van der Waals surface area contributed by atoms with E-state index in [9.17, 15) is 0 Å². The van der Waals surface area contributed by atoms with Crippen molar-refractivity contribution in [3.05, 3.63) is 47.5 Å². The Bertz CT molecular complexity index is 1320. The minimum Gasteiger partial charge on any atom is -0.488 e. The third-order valence-electron chi connectivity index (χ3n) is 12.2. The smallest absolute Gasteiger partial charge is 0.161 e. The van der Waals surface area contributed by atoms with Gasteiger partial charge in [0.15, 0.2) is 23.0 Å². The second kappa shape index (κ2) is 29.8. The van der Waals surface area contributed by atoms with Crippen molar-refractivity contribution in [1.82, 2.24) is 39.2 Å². The van der Waals surface area contributed by atoms with Crippen molar-refractivity contribution >= 4 is 49.6 Å². The molecule has 0 unspecified atom stereocenters. The van der Waals surface area contributed by atoms with Gasteiger partial charge in [-0.05, 0) is 89.3 Å². The minimum atomic E-state index is 0. The van der Waals surface area contributed by atoms with E-state index in [0.717, 1.165) is 180 Å². The predicted octanol–water partition coefficient (Wildman–Crippen LogP) is 4.44. The van der Waals surface area contributed by atoms with Gasteiger partial charge in [0, 0.05) is 131 Å². The van der Waals surface area contributed by atoms with Crippen LogP contribution in [-0.4, -0.2) is 225 Å². The summed E-state index contributed by atoms with van der Waals surface area (Å²) in [6.07, 6.45) is 4.23. The summed E-state index contributed by atoms with van der Waals surface area (Å²) in [5.74, 6) is 3.51. The maximum atomic E-state index is 6.47. The molecule has 6 rings (SSSR count). The van der Waals surface area contributed by atoms with Crippen molar-refractivity contribution in [1.29, 1.82) is 0 Å². The zero-order valence-electron chi connectivity index (χ0n) is 37.1. The Balaban J connectivity index is 0.00000310. The Labute approximate surface area is 387 Å². The molecule has 12 nitrogen and oxygen atoms in total. The zero-order chi connectivity index (χ0) is 39.0. The molecule has 0 aromatic heterocycles. The van der Waals surface area contributed by atoms with E-state index in [1.165, 1.54) is 11.1 Å².